The van der Waals surface area contributed by atoms with E-state index in [1.54, 1.807) is 0 Å². The Morgan fingerprint density at radius 1 is 1.13 bits per heavy atom. The predicted molar refractivity (Wildman–Crippen MR) is 118 cm³/mol. The third kappa shape index (κ3) is 3.91. The van der Waals surface area contributed by atoms with Crippen molar-refractivity contribution in [1.82, 2.24) is 24.5 Å². The van der Waals surface area contributed by atoms with Gasteiger partial charge in [-0.3, -0.25) is 14.6 Å². The first kappa shape index (κ1) is 19.8. The zero-order chi connectivity index (χ0) is 20.7. The van der Waals surface area contributed by atoms with E-state index in [1.807, 2.05) is 23.9 Å². The molecule has 1 aromatic heterocycles. The topological polar surface area (TPSA) is 44.6 Å². The Bertz CT molecular complexity index is 922. The maximum Gasteiger partial charge on any atom is 0.236 e. The number of hydrogen-bond donors (Lipinski definition) is 0. The van der Waals surface area contributed by atoms with E-state index in [0.29, 0.717) is 24.5 Å². The standard InChI is InChI=1S/C24H33N5O/c1-18-8-11-29(25-18)22-7-6-21-15-26(10-9-20(21)14-22)17-24(30)27-12-13-28-19(2)4-3-5-23(28)16-27/h6-8,11,14,19,23H,3-5,9-10,12-13,15-17H2,1-2H3/t19?,23-/m0/s1. The summed E-state index contributed by atoms with van der Waals surface area (Å²) >= 11 is 0. The molecule has 6 nitrogen and oxygen atoms in total. The molecule has 0 saturated carbocycles. The van der Waals surface area contributed by atoms with E-state index in [4.69, 9.17) is 0 Å². The molecule has 0 radical (unpaired) electrons. The van der Waals surface area contributed by atoms with Gasteiger partial charge >= 0.3 is 0 Å². The zero-order valence-electron chi connectivity index (χ0n) is 18.3. The fourth-order valence-electron chi connectivity index (χ4n) is 5.47. The van der Waals surface area contributed by atoms with Gasteiger partial charge in [0.2, 0.25) is 5.91 Å². The average Bonchev–Trinajstić information content (AvgIpc) is 3.19. The number of aromatic nitrogens is 2. The van der Waals surface area contributed by atoms with Gasteiger partial charge in [-0.1, -0.05) is 12.5 Å². The second-order valence-electron chi connectivity index (χ2n) is 9.33. The van der Waals surface area contributed by atoms with Crippen LogP contribution >= 0.6 is 0 Å². The highest BCUT2D eigenvalue weighted by molar-refractivity contribution is 5.78. The Kier molecular flexibility index (Phi) is 5.37. The van der Waals surface area contributed by atoms with Crippen LogP contribution < -0.4 is 0 Å². The van der Waals surface area contributed by atoms with Crippen LogP contribution in [0.15, 0.2) is 30.5 Å². The summed E-state index contributed by atoms with van der Waals surface area (Å²) in [4.78, 5) is 20.1. The van der Waals surface area contributed by atoms with Crippen molar-refractivity contribution in [1.29, 1.82) is 0 Å². The van der Waals surface area contributed by atoms with Crippen molar-refractivity contribution in [2.75, 3.05) is 32.7 Å². The smallest absolute Gasteiger partial charge is 0.236 e. The van der Waals surface area contributed by atoms with Gasteiger partial charge in [0.05, 0.1) is 17.9 Å². The Hall–Kier alpha value is -2.18. The first-order valence-electron chi connectivity index (χ1n) is 11.5. The van der Waals surface area contributed by atoms with Crippen LogP contribution in [0.3, 0.4) is 0 Å². The van der Waals surface area contributed by atoms with Crippen molar-refractivity contribution in [3.05, 3.63) is 47.3 Å². The number of nitrogens with zero attached hydrogens (tertiary/aromatic N) is 5. The van der Waals surface area contributed by atoms with Gasteiger partial charge in [-0.25, -0.2) is 4.68 Å². The molecule has 5 rings (SSSR count). The number of piperidine rings is 1. The highest BCUT2D eigenvalue weighted by atomic mass is 16.2. The number of rotatable bonds is 3. The van der Waals surface area contributed by atoms with Gasteiger partial charge in [0, 0.05) is 51.0 Å². The number of amides is 1. The molecule has 2 fully saturated rings. The lowest BCUT2D eigenvalue weighted by atomic mass is 9.94. The number of hydrogen-bond acceptors (Lipinski definition) is 4. The van der Waals surface area contributed by atoms with Crippen molar-refractivity contribution >= 4 is 5.91 Å². The Morgan fingerprint density at radius 3 is 2.87 bits per heavy atom. The van der Waals surface area contributed by atoms with Crippen molar-refractivity contribution < 1.29 is 4.79 Å². The maximum absolute atomic E-state index is 13.0. The lowest BCUT2D eigenvalue weighted by Gasteiger charge is -2.47. The second-order valence-corrected chi connectivity index (χ2v) is 9.33. The quantitative estimate of drug-likeness (QED) is 0.785. The van der Waals surface area contributed by atoms with E-state index in [0.717, 1.165) is 50.5 Å². The van der Waals surface area contributed by atoms with Crippen LogP contribution in [0.25, 0.3) is 5.69 Å². The SMILES string of the molecule is Cc1ccn(-c2ccc3c(c2)CCN(CC(=O)N2CCN4C(C)CCC[C@H]4C2)C3)n1. The number of aryl methyl sites for hydroxylation is 1. The largest absolute Gasteiger partial charge is 0.339 e. The number of carbonyl (C=O) groups is 1. The zero-order valence-corrected chi connectivity index (χ0v) is 18.3. The van der Waals surface area contributed by atoms with Crippen molar-refractivity contribution in [2.24, 2.45) is 0 Å². The predicted octanol–water partition coefficient (Wildman–Crippen LogP) is 2.62. The van der Waals surface area contributed by atoms with E-state index < -0.39 is 0 Å². The summed E-state index contributed by atoms with van der Waals surface area (Å²) in [5, 5.41) is 4.52. The van der Waals surface area contributed by atoms with Crippen molar-refractivity contribution in [3.8, 4) is 5.69 Å². The molecule has 0 spiro atoms. The molecular formula is C24H33N5O. The molecule has 1 aromatic carbocycles. The molecule has 3 aliphatic heterocycles. The minimum absolute atomic E-state index is 0.306. The van der Waals surface area contributed by atoms with Crippen LogP contribution in [-0.4, -0.2) is 75.2 Å². The molecule has 160 valence electrons. The Labute approximate surface area is 179 Å². The van der Waals surface area contributed by atoms with Gasteiger partial charge in [0.1, 0.15) is 0 Å². The molecule has 30 heavy (non-hydrogen) atoms. The molecule has 3 aliphatic rings. The molecule has 2 saturated heterocycles. The summed E-state index contributed by atoms with van der Waals surface area (Å²) in [5.41, 5.74) is 4.87. The summed E-state index contributed by atoms with van der Waals surface area (Å²) in [7, 11) is 0. The number of benzene rings is 1. The van der Waals surface area contributed by atoms with Gasteiger partial charge in [-0.05, 0) is 62.4 Å². The Morgan fingerprint density at radius 2 is 2.03 bits per heavy atom. The highest BCUT2D eigenvalue weighted by Crippen LogP contribution is 2.26. The first-order valence-corrected chi connectivity index (χ1v) is 11.5. The van der Waals surface area contributed by atoms with Crippen LogP contribution in [0, 0.1) is 6.92 Å². The highest BCUT2D eigenvalue weighted by Gasteiger charge is 2.34. The monoisotopic (exact) mass is 407 g/mol. The van der Waals surface area contributed by atoms with Crippen LogP contribution in [0.5, 0.6) is 0 Å². The van der Waals surface area contributed by atoms with E-state index in [-0.39, 0.29) is 0 Å². The normalized spacial score (nSPS) is 25.1. The third-order valence-corrected chi connectivity index (χ3v) is 7.23. The van der Waals surface area contributed by atoms with Crippen LogP contribution in [-0.2, 0) is 17.8 Å². The van der Waals surface area contributed by atoms with Gasteiger partial charge in [-0.2, -0.15) is 5.10 Å². The fraction of sp³-hybridized carbons (Fsp3) is 0.583. The van der Waals surface area contributed by atoms with E-state index in [1.165, 1.54) is 30.4 Å². The summed E-state index contributed by atoms with van der Waals surface area (Å²) in [5.74, 6) is 0.306. The number of carbonyl (C=O) groups excluding carboxylic acids is 1. The van der Waals surface area contributed by atoms with Crippen LogP contribution in [0.1, 0.15) is 43.0 Å². The van der Waals surface area contributed by atoms with Crippen LogP contribution in [0.4, 0.5) is 0 Å². The molecule has 4 heterocycles. The third-order valence-electron chi connectivity index (χ3n) is 7.23. The first-order chi connectivity index (χ1) is 14.6. The molecular weight excluding hydrogens is 374 g/mol. The lowest BCUT2D eigenvalue weighted by molar-refractivity contribution is -0.137. The fourth-order valence-corrected chi connectivity index (χ4v) is 5.47. The Balaban J connectivity index is 1.20. The van der Waals surface area contributed by atoms with E-state index in [9.17, 15) is 4.79 Å². The maximum atomic E-state index is 13.0. The summed E-state index contributed by atoms with van der Waals surface area (Å²) in [6, 6.07) is 9.87. The van der Waals surface area contributed by atoms with Gasteiger partial charge in [0.25, 0.3) is 0 Å². The van der Waals surface area contributed by atoms with Gasteiger partial charge < -0.3 is 4.90 Å². The minimum Gasteiger partial charge on any atom is -0.339 e. The number of piperazine rings is 1. The van der Waals surface area contributed by atoms with E-state index in [2.05, 4.69) is 44.9 Å². The molecule has 1 amide bonds. The van der Waals surface area contributed by atoms with Crippen molar-refractivity contribution in [2.45, 2.75) is 58.2 Å². The molecule has 0 N–H and O–H groups in total. The summed E-state index contributed by atoms with van der Waals surface area (Å²) < 4.78 is 1.94. The van der Waals surface area contributed by atoms with Gasteiger partial charge in [0.15, 0.2) is 0 Å². The lowest BCUT2D eigenvalue weighted by Crippen LogP contribution is -2.59. The minimum atomic E-state index is 0.306. The van der Waals surface area contributed by atoms with Crippen molar-refractivity contribution in [3.63, 3.8) is 0 Å². The second kappa shape index (κ2) is 8.16. The van der Waals surface area contributed by atoms with E-state index >= 15 is 0 Å². The molecule has 2 aromatic rings. The van der Waals surface area contributed by atoms with Gasteiger partial charge in [-0.15, -0.1) is 0 Å². The molecule has 0 aliphatic carbocycles. The molecule has 0 bridgehead atoms. The number of fused-ring (bicyclic) bond motifs is 2. The molecule has 2 atom stereocenters. The summed E-state index contributed by atoms with van der Waals surface area (Å²) in [6.45, 7) is 9.54. The van der Waals surface area contributed by atoms with Crippen LogP contribution in [0.2, 0.25) is 0 Å². The average molecular weight is 408 g/mol. The molecule has 6 heteroatoms. The summed E-state index contributed by atoms with van der Waals surface area (Å²) in [6.07, 6.45) is 6.85. The molecule has 1 unspecified atom stereocenters.